The van der Waals surface area contributed by atoms with Crippen LogP contribution in [0.2, 0.25) is 5.02 Å². The summed E-state index contributed by atoms with van der Waals surface area (Å²) < 4.78 is 0. The SMILES string of the molecule is C[C@H](NCc1ncncc1C(=O)O)c1ccccc1Cl. The van der Waals surface area contributed by atoms with Gasteiger partial charge in [-0.1, -0.05) is 29.8 Å². The Morgan fingerprint density at radius 2 is 2.20 bits per heavy atom. The van der Waals surface area contributed by atoms with E-state index >= 15 is 0 Å². The van der Waals surface area contributed by atoms with Gasteiger partial charge in [0, 0.05) is 23.8 Å². The van der Waals surface area contributed by atoms with Gasteiger partial charge in [0.05, 0.1) is 5.69 Å². The standard InChI is InChI=1S/C14H14ClN3O2/c1-9(10-4-2-3-5-12(10)15)17-7-13-11(14(19)20)6-16-8-18-13/h2-6,8-9,17H,7H2,1H3,(H,19,20)/t9-/m0/s1. The van der Waals surface area contributed by atoms with Crippen LogP contribution in [0.25, 0.3) is 0 Å². The van der Waals surface area contributed by atoms with Crippen LogP contribution in [0.5, 0.6) is 0 Å². The molecule has 0 bridgehead atoms. The fourth-order valence-electron chi connectivity index (χ4n) is 1.86. The summed E-state index contributed by atoms with van der Waals surface area (Å²) in [5, 5.41) is 13.0. The number of carbonyl (C=O) groups is 1. The van der Waals surface area contributed by atoms with Gasteiger partial charge in [0.1, 0.15) is 11.9 Å². The molecular formula is C14H14ClN3O2. The maximum atomic E-state index is 11.1. The third-order valence-corrected chi connectivity index (χ3v) is 3.32. The monoisotopic (exact) mass is 291 g/mol. The van der Waals surface area contributed by atoms with Crippen molar-refractivity contribution >= 4 is 17.6 Å². The highest BCUT2D eigenvalue weighted by atomic mass is 35.5. The molecule has 2 rings (SSSR count). The van der Waals surface area contributed by atoms with E-state index in [1.807, 2.05) is 31.2 Å². The Hall–Kier alpha value is -1.98. The van der Waals surface area contributed by atoms with Crippen molar-refractivity contribution in [1.82, 2.24) is 15.3 Å². The topological polar surface area (TPSA) is 75.1 Å². The molecule has 0 fully saturated rings. The quantitative estimate of drug-likeness (QED) is 0.886. The second-order valence-electron chi connectivity index (χ2n) is 4.31. The van der Waals surface area contributed by atoms with E-state index in [2.05, 4.69) is 15.3 Å². The van der Waals surface area contributed by atoms with Gasteiger partial charge in [-0.3, -0.25) is 0 Å². The van der Waals surface area contributed by atoms with Crippen LogP contribution in [0.3, 0.4) is 0 Å². The van der Waals surface area contributed by atoms with Crippen LogP contribution in [0, 0.1) is 0 Å². The van der Waals surface area contributed by atoms with Crippen LogP contribution in [-0.2, 0) is 6.54 Å². The summed E-state index contributed by atoms with van der Waals surface area (Å²) >= 11 is 6.12. The molecule has 0 radical (unpaired) electrons. The van der Waals surface area contributed by atoms with Crippen LogP contribution in [0.1, 0.15) is 34.6 Å². The largest absolute Gasteiger partial charge is 0.478 e. The molecule has 2 aromatic rings. The van der Waals surface area contributed by atoms with Gasteiger partial charge in [0.2, 0.25) is 0 Å². The molecule has 5 nitrogen and oxygen atoms in total. The first-order valence-electron chi connectivity index (χ1n) is 6.09. The lowest BCUT2D eigenvalue weighted by molar-refractivity contribution is 0.0694. The van der Waals surface area contributed by atoms with E-state index in [0.29, 0.717) is 17.3 Å². The lowest BCUT2D eigenvalue weighted by Crippen LogP contribution is -2.21. The second kappa shape index (κ2) is 6.45. The molecular weight excluding hydrogens is 278 g/mol. The number of rotatable bonds is 5. The normalized spacial score (nSPS) is 12.1. The summed E-state index contributed by atoms with van der Waals surface area (Å²) in [6, 6.07) is 7.51. The van der Waals surface area contributed by atoms with Gasteiger partial charge in [0.25, 0.3) is 0 Å². The number of benzene rings is 1. The van der Waals surface area contributed by atoms with E-state index in [-0.39, 0.29) is 11.6 Å². The molecule has 6 heteroatoms. The Labute approximate surface area is 121 Å². The Kier molecular flexibility index (Phi) is 4.65. The summed E-state index contributed by atoms with van der Waals surface area (Å²) in [5.74, 6) is -1.03. The maximum Gasteiger partial charge on any atom is 0.339 e. The zero-order valence-electron chi connectivity index (χ0n) is 10.9. The molecule has 0 unspecified atom stereocenters. The van der Waals surface area contributed by atoms with Crippen LogP contribution in [0.4, 0.5) is 0 Å². The van der Waals surface area contributed by atoms with Gasteiger partial charge >= 0.3 is 5.97 Å². The van der Waals surface area contributed by atoms with Crippen molar-refractivity contribution in [3.63, 3.8) is 0 Å². The average molecular weight is 292 g/mol. The molecule has 0 aliphatic heterocycles. The smallest absolute Gasteiger partial charge is 0.339 e. The number of nitrogens with zero attached hydrogens (tertiary/aromatic N) is 2. The fourth-order valence-corrected chi connectivity index (χ4v) is 2.16. The van der Waals surface area contributed by atoms with E-state index < -0.39 is 5.97 Å². The van der Waals surface area contributed by atoms with E-state index in [1.165, 1.54) is 12.5 Å². The van der Waals surface area contributed by atoms with Gasteiger partial charge < -0.3 is 10.4 Å². The number of nitrogens with one attached hydrogen (secondary N) is 1. The van der Waals surface area contributed by atoms with Crippen LogP contribution in [0.15, 0.2) is 36.8 Å². The number of hydrogen-bond donors (Lipinski definition) is 2. The number of aromatic nitrogens is 2. The minimum Gasteiger partial charge on any atom is -0.478 e. The molecule has 2 N–H and O–H groups in total. The number of halogens is 1. The van der Waals surface area contributed by atoms with E-state index in [4.69, 9.17) is 16.7 Å². The Morgan fingerprint density at radius 1 is 1.45 bits per heavy atom. The summed E-state index contributed by atoms with van der Waals surface area (Å²) in [6.07, 6.45) is 2.64. The average Bonchev–Trinajstić information content (AvgIpc) is 2.45. The van der Waals surface area contributed by atoms with Gasteiger partial charge in [-0.15, -0.1) is 0 Å². The lowest BCUT2D eigenvalue weighted by atomic mass is 10.1. The zero-order valence-corrected chi connectivity index (χ0v) is 11.6. The first-order chi connectivity index (χ1) is 9.59. The van der Waals surface area contributed by atoms with Crippen LogP contribution in [-0.4, -0.2) is 21.0 Å². The van der Waals surface area contributed by atoms with Crippen molar-refractivity contribution in [1.29, 1.82) is 0 Å². The highest BCUT2D eigenvalue weighted by Gasteiger charge is 2.13. The first-order valence-corrected chi connectivity index (χ1v) is 6.47. The van der Waals surface area contributed by atoms with Gasteiger partial charge in [-0.2, -0.15) is 0 Å². The van der Waals surface area contributed by atoms with E-state index in [9.17, 15) is 4.79 Å². The molecule has 0 spiro atoms. The van der Waals surface area contributed by atoms with Crippen molar-refractivity contribution in [2.45, 2.75) is 19.5 Å². The summed E-state index contributed by atoms with van der Waals surface area (Å²) in [6.45, 7) is 2.29. The number of aromatic carboxylic acids is 1. The molecule has 0 saturated carbocycles. The van der Waals surface area contributed by atoms with Gasteiger partial charge in [-0.05, 0) is 18.6 Å². The zero-order chi connectivity index (χ0) is 14.5. The van der Waals surface area contributed by atoms with Crippen LogP contribution >= 0.6 is 11.6 Å². The maximum absolute atomic E-state index is 11.1. The molecule has 20 heavy (non-hydrogen) atoms. The highest BCUT2D eigenvalue weighted by molar-refractivity contribution is 6.31. The van der Waals surface area contributed by atoms with Crippen molar-refractivity contribution in [2.75, 3.05) is 0 Å². The van der Waals surface area contributed by atoms with Crippen molar-refractivity contribution in [3.05, 3.63) is 58.6 Å². The number of carboxylic acid groups (broad SMARTS) is 1. The predicted octanol–water partition coefficient (Wildman–Crippen LogP) is 2.68. The van der Waals surface area contributed by atoms with Crippen molar-refractivity contribution in [2.24, 2.45) is 0 Å². The third kappa shape index (κ3) is 3.31. The predicted molar refractivity (Wildman–Crippen MR) is 75.7 cm³/mol. The van der Waals surface area contributed by atoms with Crippen molar-refractivity contribution < 1.29 is 9.90 Å². The van der Waals surface area contributed by atoms with Gasteiger partial charge in [0.15, 0.2) is 0 Å². The lowest BCUT2D eigenvalue weighted by Gasteiger charge is -2.15. The number of hydrogen-bond acceptors (Lipinski definition) is 4. The minimum atomic E-state index is -1.03. The molecule has 0 aliphatic rings. The molecule has 1 heterocycles. The minimum absolute atomic E-state index is 0.0136. The van der Waals surface area contributed by atoms with Crippen molar-refractivity contribution in [3.8, 4) is 0 Å². The Morgan fingerprint density at radius 3 is 2.90 bits per heavy atom. The Bertz CT molecular complexity index is 619. The van der Waals surface area contributed by atoms with Gasteiger partial charge in [-0.25, -0.2) is 14.8 Å². The summed E-state index contributed by atoms with van der Waals surface area (Å²) in [5.41, 5.74) is 1.51. The molecule has 1 atom stereocenters. The molecule has 0 aliphatic carbocycles. The summed E-state index contributed by atoms with van der Waals surface area (Å²) in [4.78, 5) is 18.8. The van der Waals surface area contributed by atoms with E-state index in [0.717, 1.165) is 5.56 Å². The first kappa shape index (κ1) is 14.4. The second-order valence-corrected chi connectivity index (χ2v) is 4.72. The highest BCUT2D eigenvalue weighted by Crippen LogP contribution is 2.22. The fraction of sp³-hybridized carbons (Fsp3) is 0.214. The number of carboxylic acids is 1. The Balaban J connectivity index is 2.10. The van der Waals surface area contributed by atoms with E-state index in [1.54, 1.807) is 0 Å². The summed E-state index contributed by atoms with van der Waals surface area (Å²) in [7, 11) is 0. The third-order valence-electron chi connectivity index (χ3n) is 2.97. The molecule has 1 aromatic carbocycles. The molecule has 104 valence electrons. The molecule has 1 aromatic heterocycles. The molecule has 0 saturated heterocycles. The van der Waals surface area contributed by atoms with Crippen LogP contribution < -0.4 is 5.32 Å². The molecule has 0 amide bonds.